The molecule has 0 aliphatic heterocycles. The molecule has 92 valence electrons. The van der Waals surface area contributed by atoms with Crippen LogP contribution >= 0.6 is 0 Å². The molecule has 0 saturated carbocycles. The molecule has 4 heteroatoms. The van der Waals surface area contributed by atoms with Gasteiger partial charge in [-0.15, -0.1) is 0 Å². The van der Waals surface area contributed by atoms with Crippen LogP contribution < -0.4 is 5.32 Å². The van der Waals surface area contributed by atoms with Crippen molar-refractivity contribution in [1.29, 1.82) is 0 Å². The number of methoxy groups -OCH3 is 1. The van der Waals surface area contributed by atoms with Crippen molar-refractivity contribution in [3.63, 3.8) is 0 Å². The van der Waals surface area contributed by atoms with Crippen LogP contribution in [-0.4, -0.2) is 31.5 Å². The number of hydrogen-bond acceptors (Lipinski definition) is 4. The SMILES string of the molecule is COCC(CO)NCc1coc2ccccc12. The fourth-order valence-corrected chi connectivity index (χ4v) is 1.80. The van der Waals surface area contributed by atoms with Gasteiger partial charge in [0.15, 0.2) is 0 Å². The van der Waals surface area contributed by atoms with Crippen molar-refractivity contribution >= 4 is 11.0 Å². The van der Waals surface area contributed by atoms with Crippen LogP contribution in [0.3, 0.4) is 0 Å². The number of ether oxygens (including phenoxy) is 1. The Morgan fingerprint density at radius 2 is 2.24 bits per heavy atom. The van der Waals surface area contributed by atoms with Crippen LogP contribution in [0.15, 0.2) is 34.9 Å². The molecule has 0 fully saturated rings. The molecule has 0 aliphatic carbocycles. The fraction of sp³-hybridized carbons (Fsp3) is 0.385. The van der Waals surface area contributed by atoms with E-state index in [1.54, 1.807) is 13.4 Å². The Labute approximate surface area is 100 Å². The van der Waals surface area contributed by atoms with Gasteiger partial charge in [-0.05, 0) is 6.07 Å². The van der Waals surface area contributed by atoms with Gasteiger partial charge in [0.2, 0.25) is 0 Å². The van der Waals surface area contributed by atoms with Crippen LogP contribution in [0.2, 0.25) is 0 Å². The summed E-state index contributed by atoms with van der Waals surface area (Å²) < 4.78 is 10.4. The second-order valence-electron chi connectivity index (χ2n) is 3.97. The van der Waals surface area contributed by atoms with E-state index in [9.17, 15) is 0 Å². The molecule has 1 unspecified atom stereocenters. The molecule has 1 atom stereocenters. The standard InChI is InChI=1S/C13H17NO3/c1-16-9-11(7-15)14-6-10-8-17-13-5-3-2-4-12(10)13/h2-5,8,11,14-15H,6-7,9H2,1H3. The summed E-state index contributed by atoms with van der Waals surface area (Å²) in [4.78, 5) is 0. The highest BCUT2D eigenvalue weighted by molar-refractivity contribution is 5.80. The molecule has 2 aromatic rings. The van der Waals surface area contributed by atoms with Crippen molar-refractivity contribution in [2.24, 2.45) is 0 Å². The third kappa shape index (κ3) is 2.85. The van der Waals surface area contributed by atoms with E-state index in [1.165, 1.54) is 0 Å². The molecular weight excluding hydrogens is 218 g/mol. The zero-order chi connectivity index (χ0) is 12.1. The first kappa shape index (κ1) is 12.1. The predicted molar refractivity (Wildman–Crippen MR) is 65.8 cm³/mol. The van der Waals surface area contributed by atoms with Crippen molar-refractivity contribution in [3.8, 4) is 0 Å². The molecule has 0 spiro atoms. The lowest BCUT2D eigenvalue weighted by molar-refractivity contribution is 0.128. The maximum Gasteiger partial charge on any atom is 0.134 e. The van der Waals surface area contributed by atoms with Crippen LogP contribution in [0.1, 0.15) is 5.56 Å². The average Bonchev–Trinajstić information content (AvgIpc) is 2.78. The number of nitrogens with one attached hydrogen (secondary N) is 1. The largest absolute Gasteiger partial charge is 0.464 e. The van der Waals surface area contributed by atoms with E-state index in [0.717, 1.165) is 16.5 Å². The molecule has 0 radical (unpaired) electrons. The summed E-state index contributed by atoms with van der Waals surface area (Å²) in [6.07, 6.45) is 1.75. The van der Waals surface area contributed by atoms with Crippen molar-refractivity contribution in [2.75, 3.05) is 20.3 Å². The molecule has 2 N–H and O–H groups in total. The molecule has 2 rings (SSSR count). The predicted octanol–water partition coefficient (Wildman–Crippen LogP) is 1.53. The van der Waals surface area contributed by atoms with Crippen LogP contribution in [0.5, 0.6) is 0 Å². The number of fused-ring (bicyclic) bond motifs is 1. The highest BCUT2D eigenvalue weighted by Gasteiger charge is 2.09. The van der Waals surface area contributed by atoms with Gasteiger partial charge in [-0.2, -0.15) is 0 Å². The van der Waals surface area contributed by atoms with Crippen molar-refractivity contribution in [1.82, 2.24) is 5.32 Å². The highest BCUT2D eigenvalue weighted by atomic mass is 16.5. The Balaban J connectivity index is 2.03. The lowest BCUT2D eigenvalue weighted by atomic mass is 10.1. The maximum absolute atomic E-state index is 9.13. The van der Waals surface area contributed by atoms with E-state index in [1.807, 2.05) is 24.3 Å². The van der Waals surface area contributed by atoms with Gasteiger partial charge >= 0.3 is 0 Å². The molecule has 0 bridgehead atoms. The van der Waals surface area contributed by atoms with Crippen LogP contribution in [-0.2, 0) is 11.3 Å². The number of para-hydroxylation sites is 1. The first-order chi connectivity index (χ1) is 8.35. The minimum Gasteiger partial charge on any atom is -0.464 e. The number of rotatable bonds is 6. The summed E-state index contributed by atoms with van der Waals surface area (Å²) in [5.74, 6) is 0. The molecule has 0 aliphatic rings. The van der Waals surface area contributed by atoms with Gasteiger partial charge in [-0.25, -0.2) is 0 Å². The third-order valence-electron chi connectivity index (χ3n) is 2.73. The summed E-state index contributed by atoms with van der Waals surface area (Å²) in [5.41, 5.74) is 1.98. The highest BCUT2D eigenvalue weighted by Crippen LogP contribution is 2.20. The third-order valence-corrected chi connectivity index (χ3v) is 2.73. The van der Waals surface area contributed by atoms with Crippen LogP contribution in [0.4, 0.5) is 0 Å². The van der Waals surface area contributed by atoms with E-state index < -0.39 is 0 Å². The molecule has 1 aromatic carbocycles. The molecular formula is C13H17NO3. The van der Waals surface area contributed by atoms with Crippen molar-refractivity contribution < 1.29 is 14.3 Å². The van der Waals surface area contributed by atoms with Gasteiger partial charge < -0.3 is 19.6 Å². The van der Waals surface area contributed by atoms with Crippen molar-refractivity contribution in [3.05, 3.63) is 36.1 Å². The van der Waals surface area contributed by atoms with Gasteiger partial charge in [-0.3, -0.25) is 0 Å². The Morgan fingerprint density at radius 1 is 1.41 bits per heavy atom. The Bertz CT molecular complexity index is 466. The molecule has 1 heterocycles. The van der Waals surface area contributed by atoms with E-state index >= 15 is 0 Å². The number of hydrogen-bond donors (Lipinski definition) is 2. The van der Waals surface area contributed by atoms with Crippen LogP contribution in [0.25, 0.3) is 11.0 Å². The topological polar surface area (TPSA) is 54.6 Å². The first-order valence-electron chi connectivity index (χ1n) is 5.63. The molecule has 0 saturated heterocycles. The van der Waals surface area contributed by atoms with Gasteiger partial charge in [0.1, 0.15) is 5.58 Å². The lowest BCUT2D eigenvalue weighted by Crippen LogP contribution is -2.35. The minimum atomic E-state index is -0.0475. The van der Waals surface area contributed by atoms with E-state index in [0.29, 0.717) is 13.2 Å². The Hall–Kier alpha value is -1.36. The molecule has 4 nitrogen and oxygen atoms in total. The van der Waals surface area contributed by atoms with Crippen LogP contribution in [0, 0.1) is 0 Å². The van der Waals surface area contributed by atoms with Crippen molar-refractivity contribution in [2.45, 2.75) is 12.6 Å². The van der Waals surface area contributed by atoms with E-state index in [4.69, 9.17) is 14.3 Å². The monoisotopic (exact) mass is 235 g/mol. The minimum absolute atomic E-state index is 0.0475. The average molecular weight is 235 g/mol. The number of benzene rings is 1. The quantitative estimate of drug-likeness (QED) is 0.797. The second kappa shape index (κ2) is 5.82. The van der Waals surface area contributed by atoms with E-state index in [2.05, 4.69) is 5.32 Å². The molecule has 1 aromatic heterocycles. The smallest absolute Gasteiger partial charge is 0.134 e. The zero-order valence-electron chi connectivity index (χ0n) is 9.85. The fourth-order valence-electron chi connectivity index (χ4n) is 1.80. The van der Waals surface area contributed by atoms with Gasteiger partial charge in [-0.1, -0.05) is 18.2 Å². The normalized spacial score (nSPS) is 13.1. The summed E-state index contributed by atoms with van der Waals surface area (Å²) in [7, 11) is 1.62. The number of aliphatic hydroxyl groups is 1. The summed E-state index contributed by atoms with van der Waals surface area (Å²) in [6.45, 7) is 1.21. The summed E-state index contributed by atoms with van der Waals surface area (Å²) in [5, 5.41) is 13.5. The van der Waals surface area contributed by atoms with E-state index in [-0.39, 0.29) is 12.6 Å². The molecule has 0 amide bonds. The van der Waals surface area contributed by atoms with Gasteiger partial charge in [0.05, 0.1) is 25.5 Å². The maximum atomic E-state index is 9.13. The Morgan fingerprint density at radius 3 is 3.00 bits per heavy atom. The summed E-state index contributed by atoms with van der Waals surface area (Å²) >= 11 is 0. The molecule has 17 heavy (non-hydrogen) atoms. The second-order valence-corrected chi connectivity index (χ2v) is 3.97. The number of furan rings is 1. The zero-order valence-corrected chi connectivity index (χ0v) is 9.85. The van der Waals surface area contributed by atoms with Gasteiger partial charge in [0.25, 0.3) is 0 Å². The Kier molecular flexibility index (Phi) is 4.14. The summed E-state index contributed by atoms with van der Waals surface area (Å²) in [6, 6.07) is 7.86. The lowest BCUT2D eigenvalue weighted by Gasteiger charge is -2.14. The number of aliphatic hydroxyl groups excluding tert-OH is 1. The first-order valence-corrected chi connectivity index (χ1v) is 5.63. The van der Waals surface area contributed by atoms with Gasteiger partial charge in [0, 0.05) is 24.6 Å².